The molecular weight excluding hydrogens is 232 g/mol. The van der Waals surface area contributed by atoms with Crippen LogP contribution in [0, 0.1) is 11.6 Å². The Morgan fingerprint density at radius 2 is 1.94 bits per heavy atom. The number of rotatable bonds is 3. The lowest BCUT2D eigenvalue weighted by atomic mass is 10.1. The minimum Gasteiger partial charge on any atom is -0.396 e. The van der Waals surface area contributed by atoms with Crippen molar-refractivity contribution in [2.45, 2.75) is 6.42 Å². The number of aliphatic hydroxyl groups is 1. The average Bonchev–Trinajstić information content (AvgIpc) is 2.49. The Morgan fingerprint density at radius 3 is 2.59 bits per heavy atom. The maximum absolute atomic E-state index is 13.4. The highest BCUT2D eigenvalue weighted by molar-refractivity contribution is 6.52. The van der Waals surface area contributed by atoms with Crippen LogP contribution in [-0.4, -0.2) is 29.9 Å². The highest BCUT2D eigenvalue weighted by Crippen LogP contribution is 2.31. The Balaban J connectivity index is 2.48. The third kappa shape index (κ3) is 1.80. The molecule has 0 saturated heterocycles. The van der Waals surface area contributed by atoms with E-state index >= 15 is 0 Å². The molecule has 0 fully saturated rings. The van der Waals surface area contributed by atoms with E-state index in [4.69, 9.17) is 5.11 Å². The largest absolute Gasteiger partial charge is 0.396 e. The molecule has 1 N–H and O–H groups in total. The number of carbonyl (C=O) groups excluding carboxylic acids is 2. The third-order valence-electron chi connectivity index (χ3n) is 2.53. The first kappa shape index (κ1) is 11.7. The van der Waals surface area contributed by atoms with Crippen LogP contribution in [0.25, 0.3) is 0 Å². The van der Waals surface area contributed by atoms with Gasteiger partial charge in [-0.2, -0.15) is 0 Å². The van der Waals surface area contributed by atoms with E-state index in [0.717, 1.165) is 11.0 Å². The van der Waals surface area contributed by atoms with Crippen molar-refractivity contribution in [2.75, 3.05) is 18.1 Å². The summed E-state index contributed by atoms with van der Waals surface area (Å²) in [5, 5.41) is 8.66. The van der Waals surface area contributed by atoms with Crippen LogP contribution in [0.4, 0.5) is 14.5 Å². The van der Waals surface area contributed by atoms with Crippen molar-refractivity contribution in [1.29, 1.82) is 0 Å². The van der Waals surface area contributed by atoms with E-state index in [2.05, 4.69) is 0 Å². The van der Waals surface area contributed by atoms with Gasteiger partial charge in [-0.3, -0.25) is 9.59 Å². The van der Waals surface area contributed by atoms with E-state index in [1.165, 1.54) is 0 Å². The number of hydrogen-bond acceptors (Lipinski definition) is 3. The van der Waals surface area contributed by atoms with Crippen LogP contribution in [0.1, 0.15) is 16.8 Å². The summed E-state index contributed by atoms with van der Waals surface area (Å²) in [6.07, 6.45) is 0.233. The number of halogens is 2. The van der Waals surface area contributed by atoms with Gasteiger partial charge in [0.05, 0.1) is 11.3 Å². The number of ketones is 1. The average molecular weight is 241 g/mol. The van der Waals surface area contributed by atoms with Gasteiger partial charge in [0.25, 0.3) is 11.7 Å². The van der Waals surface area contributed by atoms with Crippen molar-refractivity contribution in [3.8, 4) is 0 Å². The molecule has 1 aromatic rings. The summed E-state index contributed by atoms with van der Waals surface area (Å²) >= 11 is 0. The summed E-state index contributed by atoms with van der Waals surface area (Å²) in [6, 6.07) is 1.51. The molecule has 90 valence electrons. The third-order valence-corrected chi connectivity index (χ3v) is 2.53. The molecule has 1 aliphatic heterocycles. The summed E-state index contributed by atoms with van der Waals surface area (Å²) in [5.41, 5.74) is -0.458. The van der Waals surface area contributed by atoms with Crippen LogP contribution in [0.15, 0.2) is 12.1 Å². The highest BCUT2D eigenvalue weighted by Gasteiger charge is 2.38. The summed E-state index contributed by atoms with van der Waals surface area (Å²) in [6.45, 7) is -0.123. The Kier molecular flexibility index (Phi) is 2.89. The molecular formula is C11H9F2NO3. The van der Waals surface area contributed by atoms with Gasteiger partial charge < -0.3 is 10.0 Å². The van der Waals surface area contributed by atoms with Crippen LogP contribution < -0.4 is 4.90 Å². The van der Waals surface area contributed by atoms with E-state index < -0.39 is 28.9 Å². The first-order valence-electron chi connectivity index (χ1n) is 5.02. The Labute approximate surface area is 95.5 Å². The fraction of sp³-hybridized carbons (Fsp3) is 0.273. The number of hydrogen-bond donors (Lipinski definition) is 1. The summed E-state index contributed by atoms with van der Waals surface area (Å²) in [4.78, 5) is 24.0. The van der Waals surface area contributed by atoms with Gasteiger partial charge in [0.1, 0.15) is 11.6 Å². The normalized spacial score (nSPS) is 14.4. The molecule has 0 saturated carbocycles. The molecule has 4 nitrogen and oxygen atoms in total. The number of carbonyl (C=O) groups is 2. The Bertz CT molecular complexity index is 502. The number of fused-ring (bicyclic) bond motifs is 1. The fourth-order valence-corrected chi connectivity index (χ4v) is 1.79. The van der Waals surface area contributed by atoms with E-state index in [-0.39, 0.29) is 25.3 Å². The second kappa shape index (κ2) is 4.21. The van der Waals surface area contributed by atoms with Gasteiger partial charge >= 0.3 is 0 Å². The molecule has 17 heavy (non-hydrogen) atoms. The maximum Gasteiger partial charge on any atom is 0.299 e. The van der Waals surface area contributed by atoms with Crippen molar-refractivity contribution in [2.24, 2.45) is 0 Å². The summed E-state index contributed by atoms with van der Waals surface area (Å²) in [5.74, 6) is -3.75. The summed E-state index contributed by atoms with van der Waals surface area (Å²) < 4.78 is 26.4. The van der Waals surface area contributed by atoms with E-state index in [1.54, 1.807) is 0 Å². The molecule has 0 bridgehead atoms. The van der Waals surface area contributed by atoms with Crippen LogP contribution in [0.3, 0.4) is 0 Å². The van der Waals surface area contributed by atoms with Gasteiger partial charge in [-0.15, -0.1) is 0 Å². The maximum atomic E-state index is 13.4. The van der Waals surface area contributed by atoms with Gasteiger partial charge in [0.15, 0.2) is 0 Å². The van der Waals surface area contributed by atoms with Gasteiger partial charge in [-0.05, 0) is 12.5 Å². The molecule has 6 heteroatoms. The molecule has 0 radical (unpaired) electrons. The first-order valence-corrected chi connectivity index (χ1v) is 5.02. The van der Waals surface area contributed by atoms with E-state index in [9.17, 15) is 18.4 Å². The SMILES string of the molecule is O=C1C(=O)N(CCCO)c2cc(F)cc(F)c21. The van der Waals surface area contributed by atoms with Gasteiger partial charge in [0.2, 0.25) is 0 Å². The van der Waals surface area contributed by atoms with E-state index in [1.807, 2.05) is 0 Å². The van der Waals surface area contributed by atoms with E-state index in [0.29, 0.717) is 6.07 Å². The van der Waals surface area contributed by atoms with Gasteiger partial charge in [-0.25, -0.2) is 8.78 Å². The molecule has 0 aromatic heterocycles. The number of nitrogens with zero attached hydrogens (tertiary/aromatic N) is 1. The predicted octanol–water partition coefficient (Wildman–Crippen LogP) is 0.877. The molecule has 0 atom stereocenters. The summed E-state index contributed by atoms with van der Waals surface area (Å²) in [7, 11) is 0. The fourth-order valence-electron chi connectivity index (χ4n) is 1.79. The number of Topliss-reactive ketones (excluding diaryl/α,β-unsaturated/α-hetero) is 1. The lowest BCUT2D eigenvalue weighted by Gasteiger charge is -2.15. The molecule has 1 amide bonds. The molecule has 1 heterocycles. The highest BCUT2D eigenvalue weighted by atomic mass is 19.1. The minimum absolute atomic E-state index is 0.0525. The predicted molar refractivity (Wildman–Crippen MR) is 54.7 cm³/mol. The number of aliphatic hydroxyl groups excluding tert-OH is 1. The lowest BCUT2D eigenvalue weighted by Crippen LogP contribution is -2.31. The van der Waals surface area contributed by atoms with Crippen molar-refractivity contribution >= 4 is 17.4 Å². The quantitative estimate of drug-likeness (QED) is 0.799. The van der Waals surface area contributed by atoms with Crippen LogP contribution in [-0.2, 0) is 4.79 Å². The van der Waals surface area contributed by atoms with Gasteiger partial charge in [0, 0.05) is 19.2 Å². The molecule has 1 aliphatic rings. The Hall–Kier alpha value is -1.82. The van der Waals surface area contributed by atoms with Gasteiger partial charge in [-0.1, -0.05) is 0 Å². The van der Waals surface area contributed by atoms with Crippen molar-refractivity contribution in [3.05, 3.63) is 29.3 Å². The number of benzene rings is 1. The molecule has 0 spiro atoms. The number of anilines is 1. The zero-order valence-corrected chi connectivity index (χ0v) is 8.74. The van der Waals surface area contributed by atoms with Crippen molar-refractivity contribution < 1.29 is 23.5 Å². The van der Waals surface area contributed by atoms with Crippen molar-refractivity contribution in [1.82, 2.24) is 0 Å². The standard InChI is InChI=1S/C11H9F2NO3/c12-6-4-7(13)9-8(5-6)14(2-1-3-15)11(17)10(9)16/h4-5,15H,1-3H2. The topological polar surface area (TPSA) is 57.6 Å². The van der Waals surface area contributed by atoms with Crippen LogP contribution in [0.2, 0.25) is 0 Å². The smallest absolute Gasteiger partial charge is 0.299 e. The molecule has 0 unspecified atom stereocenters. The van der Waals surface area contributed by atoms with Crippen LogP contribution in [0.5, 0.6) is 0 Å². The minimum atomic E-state index is -1.04. The number of amides is 1. The zero-order valence-electron chi connectivity index (χ0n) is 8.74. The first-order chi connectivity index (χ1) is 8.06. The van der Waals surface area contributed by atoms with Crippen molar-refractivity contribution in [3.63, 3.8) is 0 Å². The molecule has 1 aromatic carbocycles. The molecule has 2 rings (SSSR count). The second-order valence-corrected chi connectivity index (χ2v) is 3.64. The monoisotopic (exact) mass is 241 g/mol. The van der Waals surface area contributed by atoms with Crippen LogP contribution >= 0.6 is 0 Å². The molecule has 0 aliphatic carbocycles. The Morgan fingerprint density at radius 1 is 1.24 bits per heavy atom. The zero-order chi connectivity index (χ0) is 12.6. The second-order valence-electron chi connectivity index (χ2n) is 3.64. The lowest BCUT2D eigenvalue weighted by molar-refractivity contribution is -0.114.